The molecule has 6 nitrogen and oxygen atoms in total. The lowest BCUT2D eigenvalue weighted by atomic mass is 10.1. The summed E-state index contributed by atoms with van der Waals surface area (Å²) in [6, 6.07) is 7.42. The summed E-state index contributed by atoms with van der Waals surface area (Å²) in [6.07, 6.45) is 4.88. The average Bonchev–Trinajstić information content (AvgIpc) is 2.49. The van der Waals surface area contributed by atoms with Gasteiger partial charge in [0.05, 0.1) is 5.69 Å². The van der Waals surface area contributed by atoms with Crippen LogP contribution in [0.3, 0.4) is 0 Å². The summed E-state index contributed by atoms with van der Waals surface area (Å²) in [5, 5.41) is 14.8. The van der Waals surface area contributed by atoms with E-state index in [4.69, 9.17) is 5.11 Å². The minimum Gasteiger partial charge on any atom is -0.476 e. The number of aromatic nitrogens is 3. The zero-order valence-electron chi connectivity index (χ0n) is 11.1. The van der Waals surface area contributed by atoms with Gasteiger partial charge in [-0.3, -0.25) is 9.78 Å². The fraction of sp³-hybridized carbons (Fsp3) is 0.0667. The molecule has 6 heteroatoms. The maximum Gasteiger partial charge on any atom is 0.360 e. The summed E-state index contributed by atoms with van der Waals surface area (Å²) in [5.74, 6) is -1.34. The van der Waals surface area contributed by atoms with Crippen molar-refractivity contribution in [2.45, 2.75) is 6.92 Å². The predicted molar refractivity (Wildman–Crippen MR) is 76.8 cm³/mol. The second kappa shape index (κ2) is 4.82. The van der Waals surface area contributed by atoms with Crippen LogP contribution < -0.4 is 5.43 Å². The van der Waals surface area contributed by atoms with E-state index in [1.165, 1.54) is 10.9 Å². The second-order valence-corrected chi connectivity index (χ2v) is 4.61. The molecule has 0 aliphatic heterocycles. The van der Waals surface area contributed by atoms with Crippen molar-refractivity contribution in [3.05, 3.63) is 64.3 Å². The topological polar surface area (TPSA) is 85.1 Å². The lowest BCUT2D eigenvalue weighted by Gasteiger charge is -2.10. The Bertz CT molecular complexity index is 910. The number of pyridine rings is 1. The molecule has 2 heterocycles. The van der Waals surface area contributed by atoms with Gasteiger partial charge in [0.1, 0.15) is 0 Å². The number of fused-ring (bicyclic) bond motifs is 1. The summed E-state index contributed by atoms with van der Waals surface area (Å²) >= 11 is 0. The Morgan fingerprint density at radius 3 is 2.86 bits per heavy atom. The molecule has 0 radical (unpaired) electrons. The zero-order valence-corrected chi connectivity index (χ0v) is 11.1. The first-order chi connectivity index (χ1) is 10.1. The van der Waals surface area contributed by atoms with E-state index in [1.54, 1.807) is 25.4 Å². The highest BCUT2D eigenvalue weighted by atomic mass is 16.4. The van der Waals surface area contributed by atoms with E-state index < -0.39 is 17.1 Å². The molecule has 1 aromatic carbocycles. The van der Waals surface area contributed by atoms with Crippen LogP contribution in [0, 0.1) is 6.92 Å². The minimum atomic E-state index is -1.34. The first kappa shape index (κ1) is 13.0. The van der Waals surface area contributed by atoms with Gasteiger partial charge in [0, 0.05) is 29.5 Å². The number of carbonyl (C=O) groups is 1. The second-order valence-electron chi connectivity index (χ2n) is 4.61. The molecule has 0 unspecified atom stereocenters. The highest BCUT2D eigenvalue weighted by Crippen LogP contribution is 2.20. The molecule has 21 heavy (non-hydrogen) atoms. The van der Waals surface area contributed by atoms with Crippen LogP contribution >= 0.6 is 0 Å². The smallest absolute Gasteiger partial charge is 0.360 e. The molecule has 2 aromatic heterocycles. The third-order valence-electron chi connectivity index (χ3n) is 3.21. The molecular formula is C15H11N3O3. The zero-order chi connectivity index (χ0) is 15.0. The highest BCUT2D eigenvalue weighted by Gasteiger charge is 2.15. The fourth-order valence-electron chi connectivity index (χ4n) is 2.17. The molecule has 104 valence electrons. The Kier molecular flexibility index (Phi) is 2.98. The van der Waals surface area contributed by atoms with Crippen molar-refractivity contribution in [1.82, 2.24) is 14.8 Å². The number of hydrogen-bond acceptors (Lipinski definition) is 4. The Balaban J connectivity index is 2.34. The Morgan fingerprint density at radius 2 is 2.10 bits per heavy atom. The van der Waals surface area contributed by atoms with Crippen LogP contribution in [0.15, 0.2) is 47.7 Å². The van der Waals surface area contributed by atoms with Gasteiger partial charge in [0.2, 0.25) is 11.1 Å². The predicted octanol–water partition coefficient (Wildman–Crippen LogP) is 1.79. The molecule has 0 fully saturated rings. The number of benzene rings is 1. The van der Waals surface area contributed by atoms with Gasteiger partial charge in [-0.2, -0.15) is 5.10 Å². The molecule has 0 atom stereocenters. The lowest BCUT2D eigenvalue weighted by molar-refractivity contribution is 0.0686. The van der Waals surface area contributed by atoms with Crippen LogP contribution in [0.2, 0.25) is 0 Å². The molecule has 0 bridgehead atoms. The standard InChI is InChI=1S/C15H11N3O3/c1-9-8-18(17-13(14(9)19)15(20)21)12-4-2-3-10-5-6-16-7-11(10)12/h2-8H,1H3,(H,20,21). The van der Waals surface area contributed by atoms with Crippen LogP contribution in [-0.4, -0.2) is 25.8 Å². The van der Waals surface area contributed by atoms with Crippen molar-refractivity contribution in [3.8, 4) is 5.69 Å². The number of carboxylic acid groups (broad SMARTS) is 1. The number of hydrogen-bond donors (Lipinski definition) is 1. The van der Waals surface area contributed by atoms with Gasteiger partial charge in [0.15, 0.2) is 0 Å². The number of nitrogens with zero attached hydrogens (tertiary/aromatic N) is 3. The number of rotatable bonds is 2. The van der Waals surface area contributed by atoms with Crippen molar-refractivity contribution < 1.29 is 9.90 Å². The molecular weight excluding hydrogens is 270 g/mol. The number of aryl methyl sites for hydroxylation is 1. The van der Waals surface area contributed by atoms with E-state index in [9.17, 15) is 9.59 Å². The molecule has 0 saturated carbocycles. The Labute approximate surface area is 119 Å². The van der Waals surface area contributed by atoms with Crippen molar-refractivity contribution in [3.63, 3.8) is 0 Å². The van der Waals surface area contributed by atoms with Gasteiger partial charge in [-0.25, -0.2) is 9.48 Å². The van der Waals surface area contributed by atoms with Gasteiger partial charge in [0.25, 0.3) is 0 Å². The van der Waals surface area contributed by atoms with E-state index in [1.807, 2.05) is 18.2 Å². The van der Waals surface area contributed by atoms with Gasteiger partial charge >= 0.3 is 5.97 Å². The van der Waals surface area contributed by atoms with Gasteiger partial charge in [-0.05, 0) is 24.4 Å². The third-order valence-corrected chi connectivity index (χ3v) is 3.21. The largest absolute Gasteiger partial charge is 0.476 e. The van der Waals surface area contributed by atoms with E-state index in [0.29, 0.717) is 11.3 Å². The van der Waals surface area contributed by atoms with Gasteiger partial charge in [-0.1, -0.05) is 12.1 Å². The molecule has 3 rings (SSSR count). The molecule has 3 aromatic rings. The summed E-state index contributed by atoms with van der Waals surface area (Å²) < 4.78 is 1.41. The van der Waals surface area contributed by atoms with Crippen molar-refractivity contribution in [1.29, 1.82) is 0 Å². The molecule has 0 spiro atoms. The molecule has 0 amide bonds. The van der Waals surface area contributed by atoms with Crippen molar-refractivity contribution in [2.24, 2.45) is 0 Å². The van der Waals surface area contributed by atoms with E-state index >= 15 is 0 Å². The third kappa shape index (κ3) is 2.16. The van der Waals surface area contributed by atoms with Crippen LogP contribution in [0.5, 0.6) is 0 Å². The van der Waals surface area contributed by atoms with E-state index in [0.717, 1.165) is 10.8 Å². The van der Waals surface area contributed by atoms with E-state index in [-0.39, 0.29) is 0 Å². The molecule has 0 aliphatic rings. The van der Waals surface area contributed by atoms with Crippen molar-refractivity contribution in [2.75, 3.05) is 0 Å². The maximum absolute atomic E-state index is 11.8. The Hall–Kier alpha value is -3.02. The summed E-state index contributed by atoms with van der Waals surface area (Å²) in [5.41, 5.74) is -0.0671. The summed E-state index contributed by atoms with van der Waals surface area (Å²) in [6.45, 7) is 1.57. The molecule has 0 saturated heterocycles. The normalized spacial score (nSPS) is 10.7. The first-order valence-electron chi connectivity index (χ1n) is 6.25. The van der Waals surface area contributed by atoms with Crippen LogP contribution in [0.1, 0.15) is 16.1 Å². The first-order valence-corrected chi connectivity index (χ1v) is 6.25. The highest BCUT2D eigenvalue weighted by molar-refractivity contribution is 5.89. The monoisotopic (exact) mass is 281 g/mol. The average molecular weight is 281 g/mol. The SMILES string of the molecule is Cc1cn(-c2cccc3ccncc23)nc(C(=O)O)c1=O. The van der Waals surface area contributed by atoms with E-state index in [2.05, 4.69) is 10.1 Å². The Morgan fingerprint density at radius 1 is 1.29 bits per heavy atom. The quantitative estimate of drug-likeness (QED) is 0.774. The van der Waals surface area contributed by atoms with Crippen LogP contribution in [-0.2, 0) is 0 Å². The maximum atomic E-state index is 11.8. The summed E-state index contributed by atoms with van der Waals surface area (Å²) in [4.78, 5) is 27.0. The summed E-state index contributed by atoms with van der Waals surface area (Å²) in [7, 11) is 0. The number of carboxylic acids is 1. The van der Waals surface area contributed by atoms with Crippen LogP contribution in [0.25, 0.3) is 16.5 Å². The van der Waals surface area contributed by atoms with Gasteiger partial charge in [-0.15, -0.1) is 0 Å². The number of aromatic carboxylic acids is 1. The minimum absolute atomic E-state index is 0.322. The van der Waals surface area contributed by atoms with Gasteiger partial charge < -0.3 is 5.11 Å². The fourth-order valence-corrected chi connectivity index (χ4v) is 2.17. The lowest BCUT2D eigenvalue weighted by Crippen LogP contribution is -2.23. The molecule has 0 aliphatic carbocycles. The molecule has 1 N–H and O–H groups in total. The van der Waals surface area contributed by atoms with Crippen LogP contribution in [0.4, 0.5) is 0 Å². The van der Waals surface area contributed by atoms with Crippen molar-refractivity contribution >= 4 is 16.7 Å².